The summed E-state index contributed by atoms with van der Waals surface area (Å²) >= 11 is 0. The number of nitro groups is 2. The van der Waals surface area contributed by atoms with Crippen LogP contribution in [-0.4, -0.2) is 204 Å². The minimum Gasteiger partial charge on any atom is -0.343 e. The molecule has 0 aromatic heterocycles. The third-order valence-electron chi connectivity index (χ3n) is 20.4. The Kier molecular flexibility index (Phi) is 31.2. The number of nitrogens with one attached hydrogen (secondary N) is 8. The second kappa shape index (κ2) is 39.9. The van der Waals surface area contributed by atoms with Gasteiger partial charge in [0.15, 0.2) is 0 Å². The highest BCUT2D eigenvalue weighted by Crippen LogP contribution is 2.28. The third kappa shape index (κ3) is 23.6. The molecular formula is C77H106N14O18S2. The number of non-ortho nitro benzene ring substituents is 2. The van der Waals surface area contributed by atoms with E-state index < -0.39 is 173 Å². The fourth-order valence-corrected chi connectivity index (χ4v) is 17.4. The van der Waals surface area contributed by atoms with Gasteiger partial charge in [-0.05, 0) is 136 Å². The molecule has 4 fully saturated rings. The van der Waals surface area contributed by atoms with Crippen LogP contribution in [0.25, 0.3) is 0 Å². The number of hydrogen-bond acceptors (Lipinski definition) is 18. The fraction of sp³-hybridized carbons (Fsp3) is 0.558. The molecule has 8 rings (SSSR count). The van der Waals surface area contributed by atoms with Gasteiger partial charge in [-0.2, -0.15) is 8.61 Å². The minimum absolute atomic E-state index is 0.0267. The Balaban J connectivity index is 1.31. The Morgan fingerprint density at radius 2 is 0.694 bits per heavy atom. The average Bonchev–Trinajstić information content (AvgIpc) is 0.896. The molecule has 4 aliphatic heterocycles. The summed E-state index contributed by atoms with van der Waals surface area (Å²) in [6.45, 7) is 12.4. The first-order valence-electron chi connectivity index (χ1n) is 38.3. The average molecular weight is 1580 g/mol. The molecule has 34 heteroatoms. The summed E-state index contributed by atoms with van der Waals surface area (Å²) < 4.78 is 61.8. The van der Waals surface area contributed by atoms with Gasteiger partial charge >= 0.3 is 0 Å². The van der Waals surface area contributed by atoms with Crippen LogP contribution in [-0.2, 0) is 80.8 Å². The number of nitro benzene ring substituents is 2. The van der Waals surface area contributed by atoms with Gasteiger partial charge in [-0.3, -0.25) is 68.2 Å². The molecule has 4 saturated heterocycles. The standard InChI is InChI=1S/C77H106N14O18S2/c1-48(2)44-60-70(94)82-62(46-52-22-12-9-13-23-52)76(100)88-42-20-28-64(88)72(96)85-67(51(7)8)75(99)79-59-27-19-41-87(111(108,109)57-36-32-55(33-37-57)91(104)105)39-17-11-16-38-86(110(106,107)56-34-30-54(31-35-56)90(102)103)40-18-26-58(68(92)80-60)78-74(98)66(50(5)6)84-73(97)65-29-21-43-89(65)77(101)63(47-53-24-14-10-15-25-53)83-71(95)61(45-49(3)4)81-69(59)93/h9-10,12-15,22-25,30-37,48-51,58-67H,11,16-21,26-29,38-47H2,1-8H3,(H,78,98)(H,79,99)(H,80,92)(H,81,93)(H,82,94)(H,83,95)(H,84,97)(H,85,96). The van der Waals surface area contributed by atoms with Gasteiger partial charge in [-0.15, -0.1) is 0 Å². The minimum atomic E-state index is -4.59. The van der Waals surface area contributed by atoms with Crippen LogP contribution in [0.1, 0.15) is 150 Å². The molecule has 0 spiro atoms. The Morgan fingerprint density at radius 1 is 0.369 bits per heavy atom. The quantitative estimate of drug-likeness (QED) is 0.0557. The van der Waals surface area contributed by atoms with Crippen molar-refractivity contribution < 1.29 is 74.6 Å². The second-order valence-electron chi connectivity index (χ2n) is 30.5. The van der Waals surface area contributed by atoms with Crippen LogP contribution in [0.2, 0.25) is 0 Å². The smallest absolute Gasteiger partial charge is 0.269 e. The fourth-order valence-electron chi connectivity index (χ4n) is 14.4. The topological polar surface area (TPSA) is 434 Å². The van der Waals surface area contributed by atoms with E-state index in [-0.39, 0.29) is 144 Å². The van der Waals surface area contributed by atoms with Gasteiger partial charge in [0.05, 0.1) is 19.6 Å². The van der Waals surface area contributed by atoms with Gasteiger partial charge in [0.2, 0.25) is 79.1 Å². The number of hydrogen-bond donors (Lipinski definition) is 8. The summed E-state index contributed by atoms with van der Waals surface area (Å²) in [6.07, 6.45) is -0.395. The molecule has 111 heavy (non-hydrogen) atoms. The van der Waals surface area contributed by atoms with Crippen LogP contribution < -0.4 is 42.5 Å². The molecule has 8 N–H and O–H groups in total. The first kappa shape index (κ1) is 86.8. The summed E-state index contributed by atoms with van der Waals surface area (Å²) in [7, 11) is -9.18. The van der Waals surface area contributed by atoms with Crippen molar-refractivity contribution in [2.75, 3.05) is 39.3 Å². The number of fused-ring (bicyclic) bond motifs is 16. The van der Waals surface area contributed by atoms with E-state index in [4.69, 9.17) is 0 Å². The largest absolute Gasteiger partial charge is 0.343 e. The summed E-state index contributed by atoms with van der Waals surface area (Å²) in [6, 6.07) is 11.5. The summed E-state index contributed by atoms with van der Waals surface area (Å²) in [5, 5.41) is 46.2. The van der Waals surface area contributed by atoms with Gasteiger partial charge < -0.3 is 52.3 Å². The molecule has 10 amide bonds. The van der Waals surface area contributed by atoms with Crippen LogP contribution in [0.3, 0.4) is 0 Å². The van der Waals surface area contributed by atoms with Crippen molar-refractivity contribution in [3.8, 4) is 0 Å². The van der Waals surface area contributed by atoms with E-state index in [1.807, 2.05) is 0 Å². The zero-order chi connectivity index (χ0) is 81.0. The molecule has 604 valence electrons. The lowest BCUT2D eigenvalue weighted by atomic mass is 9.98. The highest BCUT2D eigenvalue weighted by molar-refractivity contribution is 7.89. The molecule has 0 saturated carbocycles. The Bertz CT molecular complexity index is 3930. The molecule has 4 aliphatic rings. The Morgan fingerprint density at radius 3 is 1.02 bits per heavy atom. The summed E-state index contributed by atoms with van der Waals surface area (Å²) in [5.41, 5.74) is 0.384. The number of rotatable bonds is 16. The van der Waals surface area contributed by atoms with Gasteiger partial charge in [0, 0.05) is 76.4 Å². The highest BCUT2D eigenvalue weighted by Gasteiger charge is 2.44. The molecule has 10 unspecified atom stereocenters. The normalized spacial score (nSPS) is 24.8. The van der Waals surface area contributed by atoms with Crippen molar-refractivity contribution >= 4 is 90.5 Å². The zero-order valence-electron chi connectivity index (χ0n) is 64.2. The Hall–Kier alpha value is -9.80. The SMILES string of the molecule is CC(C)CC1NC(=O)C2CCCN(S(=O)(=O)c3ccc([N+](=O)[O-])cc3)CCCCCN(S(=O)(=O)c3ccc([N+](=O)[O-])cc3)CCCC(NC(=O)C(C(C)C)NC(=O)C3CCCN3C(=O)C(Cc3ccccc3)NC1=O)C(=O)NC(CC(C)C)C(=O)NC(Cc1ccccc1)C(=O)N1CCCC1C(=O)NC(C(C)C)C(=O)N2. The number of benzene rings is 4. The van der Waals surface area contributed by atoms with Crippen LogP contribution in [0.4, 0.5) is 11.4 Å². The molecule has 4 aromatic rings. The molecule has 2 bridgehead atoms. The van der Waals surface area contributed by atoms with Crippen molar-refractivity contribution in [3.63, 3.8) is 0 Å². The molecule has 0 aliphatic carbocycles. The molecule has 10 atom stereocenters. The van der Waals surface area contributed by atoms with Crippen LogP contribution in [0.15, 0.2) is 119 Å². The third-order valence-corrected chi connectivity index (χ3v) is 24.2. The van der Waals surface area contributed by atoms with E-state index in [2.05, 4.69) is 42.5 Å². The van der Waals surface area contributed by atoms with E-state index >= 15 is 38.4 Å². The van der Waals surface area contributed by atoms with Gasteiger partial charge in [0.25, 0.3) is 11.4 Å². The highest BCUT2D eigenvalue weighted by atomic mass is 32.2. The Labute approximate surface area is 648 Å². The van der Waals surface area contributed by atoms with Gasteiger partial charge in [0.1, 0.15) is 60.4 Å². The van der Waals surface area contributed by atoms with E-state index in [9.17, 15) is 46.7 Å². The van der Waals surface area contributed by atoms with Crippen LogP contribution in [0.5, 0.6) is 0 Å². The first-order valence-corrected chi connectivity index (χ1v) is 41.1. The molecule has 0 radical (unpaired) electrons. The van der Waals surface area contributed by atoms with Crippen molar-refractivity contribution in [3.05, 3.63) is 141 Å². The monoisotopic (exact) mass is 1580 g/mol. The van der Waals surface area contributed by atoms with Crippen molar-refractivity contribution in [1.82, 2.24) is 60.9 Å². The lowest BCUT2D eigenvalue weighted by molar-refractivity contribution is -0.385. The molecule has 4 aromatic carbocycles. The maximum atomic E-state index is 15.4. The summed E-state index contributed by atoms with van der Waals surface area (Å²) in [4.78, 5) is 176. The van der Waals surface area contributed by atoms with Gasteiger partial charge in [-0.25, -0.2) is 16.8 Å². The molecular weight excluding hydrogens is 1470 g/mol. The van der Waals surface area contributed by atoms with Gasteiger partial charge in [-0.1, -0.05) is 122 Å². The van der Waals surface area contributed by atoms with E-state index in [0.29, 0.717) is 24.0 Å². The van der Waals surface area contributed by atoms with Crippen molar-refractivity contribution in [2.45, 2.75) is 222 Å². The molecule has 32 nitrogen and oxygen atoms in total. The maximum Gasteiger partial charge on any atom is 0.269 e. The van der Waals surface area contributed by atoms with Crippen molar-refractivity contribution in [1.29, 1.82) is 0 Å². The van der Waals surface area contributed by atoms with Crippen LogP contribution in [0, 0.1) is 43.9 Å². The molecule has 4 heterocycles. The summed E-state index contributed by atoms with van der Waals surface area (Å²) in [5.74, 6) is -10.3. The lowest BCUT2D eigenvalue weighted by Gasteiger charge is -2.33. The van der Waals surface area contributed by atoms with E-state index in [0.717, 1.165) is 57.1 Å². The maximum absolute atomic E-state index is 15.4. The van der Waals surface area contributed by atoms with E-state index in [1.165, 1.54) is 9.80 Å². The van der Waals surface area contributed by atoms with Crippen LogP contribution >= 0.6 is 0 Å². The van der Waals surface area contributed by atoms with E-state index in [1.54, 1.807) is 116 Å². The first-order chi connectivity index (χ1) is 52.6. The second-order valence-corrected chi connectivity index (χ2v) is 34.4. The number of carbonyl (C=O) groups is 10. The number of carbonyl (C=O) groups excluding carboxylic acids is 10. The number of sulfonamides is 2. The number of nitrogens with zero attached hydrogens (tertiary/aromatic N) is 6. The number of amides is 10. The predicted octanol–water partition coefficient (Wildman–Crippen LogP) is 4.69. The zero-order valence-corrected chi connectivity index (χ0v) is 65.8. The predicted molar refractivity (Wildman–Crippen MR) is 410 cm³/mol. The van der Waals surface area contributed by atoms with Crippen molar-refractivity contribution in [2.24, 2.45) is 23.7 Å². The lowest BCUT2D eigenvalue weighted by Crippen LogP contribution is -2.62.